The van der Waals surface area contributed by atoms with Crippen LogP contribution in [-0.4, -0.2) is 19.1 Å². The largest absolute Gasteiger partial charge is 0.487 e. The minimum atomic E-state index is -0.254. The summed E-state index contributed by atoms with van der Waals surface area (Å²) in [6, 6.07) is 13.1. The first-order valence-electron chi connectivity index (χ1n) is 7.67. The second-order valence-electron chi connectivity index (χ2n) is 5.05. The van der Waals surface area contributed by atoms with Crippen LogP contribution in [0.2, 0.25) is 0 Å². The molecule has 0 aliphatic carbocycles. The lowest BCUT2D eigenvalue weighted by Crippen LogP contribution is -2.20. The van der Waals surface area contributed by atoms with Gasteiger partial charge >= 0.3 is 0 Å². The lowest BCUT2D eigenvalue weighted by atomic mass is 10.2. The number of carbonyl (C=O) groups excluding carboxylic acids is 1. The van der Waals surface area contributed by atoms with E-state index in [4.69, 9.17) is 9.47 Å². The smallest absolute Gasteiger partial charge is 0.262 e. The molecule has 4 nitrogen and oxygen atoms in total. The number of ether oxygens (including phenoxy) is 2. The molecule has 0 saturated carbocycles. The first-order valence-corrected chi connectivity index (χ1v) is 8.47. The second-order valence-corrected chi connectivity index (χ2v) is 5.91. The number of benzene rings is 2. The van der Waals surface area contributed by atoms with Crippen LogP contribution in [0.25, 0.3) is 0 Å². The summed E-state index contributed by atoms with van der Waals surface area (Å²) in [5.41, 5.74) is 1.81. The van der Waals surface area contributed by atoms with E-state index in [1.54, 1.807) is 18.2 Å². The second kappa shape index (κ2) is 9.13. The molecule has 126 valence electrons. The summed E-state index contributed by atoms with van der Waals surface area (Å²) in [6.07, 6.45) is 2.60. The highest BCUT2D eigenvalue weighted by Gasteiger charge is 2.09. The van der Waals surface area contributed by atoms with E-state index in [2.05, 4.69) is 34.7 Å². The summed E-state index contributed by atoms with van der Waals surface area (Å²) in [5.74, 6) is 0.980. The third-order valence-corrected chi connectivity index (χ3v) is 3.90. The van der Waals surface area contributed by atoms with E-state index in [1.807, 2.05) is 30.3 Å². The van der Waals surface area contributed by atoms with Crippen molar-refractivity contribution in [3.05, 3.63) is 65.2 Å². The van der Waals surface area contributed by atoms with Gasteiger partial charge in [0.15, 0.2) is 6.61 Å². The number of para-hydroxylation sites is 2. The minimum absolute atomic E-state index is 0.0835. The molecule has 2 rings (SSSR count). The Morgan fingerprint density at radius 3 is 2.71 bits per heavy atom. The Morgan fingerprint density at radius 2 is 2.00 bits per heavy atom. The predicted molar refractivity (Wildman–Crippen MR) is 99.8 cm³/mol. The average molecular weight is 390 g/mol. The fraction of sp³-hybridized carbons (Fsp3) is 0.211. The van der Waals surface area contributed by atoms with Gasteiger partial charge in [-0.2, -0.15) is 0 Å². The number of nitrogens with one attached hydrogen (secondary N) is 1. The average Bonchev–Trinajstić information content (AvgIpc) is 2.59. The van der Waals surface area contributed by atoms with Crippen molar-refractivity contribution in [2.24, 2.45) is 0 Å². The maximum absolute atomic E-state index is 12.1. The SMILES string of the molecule is C=CCOc1ccccc1NC(=O)COc1ccc(CC)cc1Br. The van der Waals surface area contributed by atoms with Gasteiger partial charge in [-0.1, -0.05) is 37.8 Å². The lowest BCUT2D eigenvalue weighted by molar-refractivity contribution is -0.118. The molecule has 24 heavy (non-hydrogen) atoms. The summed E-state index contributed by atoms with van der Waals surface area (Å²) >= 11 is 3.46. The van der Waals surface area contributed by atoms with E-state index < -0.39 is 0 Å². The van der Waals surface area contributed by atoms with Gasteiger partial charge < -0.3 is 14.8 Å². The van der Waals surface area contributed by atoms with Crippen molar-refractivity contribution in [2.45, 2.75) is 13.3 Å². The molecule has 0 aliphatic rings. The van der Waals surface area contributed by atoms with E-state index in [0.717, 1.165) is 10.9 Å². The number of carbonyl (C=O) groups is 1. The van der Waals surface area contributed by atoms with Crippen molar-refractivity contribution in [3.8, 4) is 11.5 Å². The maximum Gasteiger partial charge on any atom is 0.262 e. The number of hydrogen-bond donors (Lipinski definition) is 1. The number of halogens is 1. The molecule has 0 radical (unpaired) electrons. The minimum Gasteiger partial charge on any atom is -0.487 e. The van der Waals surface area contributed by atoms with Gasteiger partial charge in [-0.25, -0.2) is 0 Å². The highest BCUT2D eigenvalue weighted by atomic mass is 79.9. The zero-order valence-corrected chi connectivity index (χ0v) is 15.1. The molecule has 0 spiro atoms. The van der Waals surface area contributed by atoms with Crippen LogP contribution in [0, 0.1) is 0 Å². The van der Waals surface area contributed by atoms with Crippen LogP contribution < -0.4 is 14.8 Å². The van der Waals surface area contributed by atoms with Crippen LogP contribution in [-0.2, 0) is 11.2 Å². The Hall–Kier alpha value is -2.27. The number of aryl methyl sites for hydroxylation is 1. The Kier molecular flexibility index (Phi) is 6.88. The van der Waals surface area contributed by atoms with E-state index in [-0.39, 0.29) is 12.5 Å². The van der Waals surface area contributed by atoms with Crippen molar-refractivity contribution in [3.63, 3.8) is 0 Å². The maximum atomic E-state index is 12.1. The predicted octanol–water partition coefficient (Wildman–Crippen LogP) is 4.59. The zero-order chi connectivity index (χ0) is 17.4. The van der Waals surface area contributed by atoms with E-state index in [1.165, 1.54) is 5.56 Å². The number of amides is 1. The van der Waals surface area contributed by atoms with Gasteiger partial charge in [0.05, 0.1) is 10.2 Å². The van der Waals surface area contributed by atoms with Crippen molar-refractivity contribution in [1.29, 1.82) is 0 Å². The molecule has 0 heterocycles. The molecule has 2 aromatic rings. The molecule has 0 atom stereocenters. The van der Waals surface area contributed by atoms with Crippen LogP contribution in [0.15, 0.2) is 59.6 Å². The molecular weight excluding hydrogens is 370 g/mol. The molecule has 0 aliphatic heterocycles. The molecule has 0 saturated heterocycles. The Bertz CT molecular complexity index is 716. The molecule has 1 amide bonds. The third-order valence-electron chi connectivity index (χ3n) is 3.28. The number of anilines is 1. The molecule has 5 heteroatoms. The summed E-state index contributed by atoms with van der Waals surface area (Å²) in [7, 11) is 0. The monoisotopic (exact) mass is 389 g/mol. The normalized spacial score (nSPS) is 10.1. The van der Waals surface area contributed by atoms with Crippen molar-refractivity contribution < 1.29 is 14.3 Å². The van der Waals surface area contributed by atoms with Gasteiger partial charge in [-0.3, -0.25) is 4.79 Å². The van der Waals surface area contributed by atoms with Crippen LogP contribution in [0.4, 0.5) is 5.69 Å². The molecule has 2 aromatic carbocycles. The Balaban J connectivity index is 1.95. The van der Waals surface area contributed by atoms with Crippen molar-refractivity contribution in [1.82, 2.24) is 0 Å². The standard InChI is InChI=1S/C19H20BrNO3/c1-3-11-23-18-8-6-5-7-16(18)21-19(22)13-24-17-10-9-14(4-2)12-15(17)20/h3,5-10,12H,1,4,11,13H2,2H3,(H,21,22). The van der Waals surface area contributed by atoms with Crippen LogP contribution in [0.1, 0.15) is 12.5 Å². The fourth-order valence-electron chi connectivity index (χ4n) is 2.06. The topological polar surface area (TPSA) is 47.6 Å². The molecule has 0 unspecified atom stereocenters. The van der Waals surface area contributed by atoms with Gasteiger partial charge in [-0.05, 0) is 52.2 Å². The van der Waals surface area contributed by atoms with Gasteiger partial charge in [0, 0.05) is 0 Å². The van der Waals surface area contributed by atoms with Gasteiger partial charge in [0.2, 0.25) is 0 Å². The fourth-order valence-corrected chi connectivity index (χ4v) is 2.60. The van der Waals surface area contributed by atoms with E-state index in [0.29, 0.717) is 23.8 Å². The molecular formula is C19H20BrNO3. The van der Waals surface area contributed by atoms with Crippen LogP contribution >= 0.6 is 15.9 Å². The summed E-state index contributed by atoms with van der Waals surface area (Å²) in [6.45, 7) is 5.99. The summed E-state index contributed by atoms with van der Waals surface area (Å²) < 4.78 is 11.9. The molecule has 1 N–H and O–H groups in total. The van der Waals surface area contributed by atoms with E-state index >= 15 is 0 Å². The summed E-state index contributed by atoms with van der Waals surface area (Å²) in [4.78, 5) is 12.1. The highest BCUT2D eigenvalue weighted by molar-refractivity contribution is 9.10. The third kappa shape index (κ3) is 5.13. The van der Waals surface area contributed by atoms with Gasteiger partial charge in [0.25, 0.3) is 5.91 Å². The quantitative estimate of drug-likeness (QED) is 0.671. The first-order chi connectivity index (χ1) is 11.6. The van der Waals surface area contributed by atoms with E-state index in [9.17, 15) is 4.79 Å². The Labute approximate surface area is 150 Å². The molecule has 0 fully saturated rings. The summed E-state index contributed by atoms with van der Waals surface area (Å²) in [5, 5.41) is 2.79. The van der Waals surface area contributed by atoms with Crippen molar-refractivity contribution in [2.75, 3.05) is 18.5 Å². The Morgan fingerprint density at radius 1 is 1.21 bits per heavy atom. The first kappa shape index (κ1) is 18.1. The highest BCUT2D eigenvalue weighted by Crippen LogP contribution is 2.27. The van der Waals surface area contributed by atoms with Gasteiger partial charge in [0.1, 0.15) is 18.1 Å². The lowest BCUT2D eigenvalue weighted by Gasteiger charge is -2.12. The number of hydrogen-bond acceptors (Lipinski definition) is 3. The molecule has 0 aromatic heterocycles. The van der Waals surface area contributed by atoms with Crippen LogP contribution in [0.5, 0.6) is 11.5 Å². The molecule has 0 bridgehead atoms. The van der Waals surface area contributed by atoms with Crippen LogP contribution in [0.3, 0.4) is 0 Å². The van der Waals surface area contributed by atoms with Crippen molar-refractivity contribution >= 4 is 27.5 Å². The zero-order valence-electron chi connectivity index (χ0n) is 13.5. The van der Waals surface area contributed by atoms with Gasteiger partial charge in [-0.15, -0.1) is 0 Å². The number of rotatable bonds is 8.